The molecule has 0 fully saturated rings. The van der Waals surface area contributed by atoms with Gasteiger partial charge in [-0.1, -0.05) is 0 Å². The van der Waals surface area contributed by atoms with Crippen LogP contribution < -0.4 is 10.6 Å². The number of nitrogens with one attached hydrogen (secondary N) is 2. The Morgan fingerprint density at radius 3 is 2.28 bits per heavy atom. The molecule has 0 aliphatic rings. The fourth-order valence-corrected chi connectivity index (χ4v) is 1.31. The molecule has 2 N–H and O–H groups in total. The van der Waals surface area contributed by atoms with E-state index in [-0.39, 0.29) is 5.69 Å². The highest BCUT2D eigenvalue weighted by Gasteiger charge is 2.39. The first-order valence-corrected chi connectivity index (χ1v) is 5.12. The van der Waals surface area contributed by atoms with Crippen molar-refractivity contribution >= 4 is 11.6 Å². The van der Waals surface area contributed by atoms with Crippen molar-refractivity contribution in [2.75, 3.05) is 12.4 Å². The number of halogens is 4. The Morgan fingerprint density at radius 1 is 1.28 bits per heavy atom. The number of rotatable bonds is 4. The van der Waals surface area contributed by atoms with Crippen molar-refractivity contribution < 1.29 is 22.4 Å². The molecule has 0 spiro atoms. The summed E-state index contributed by atoms with van der Waals surface area (Å²) >= 11 is 0. The molecule has 0 radical (unpaired) electrons. The van der Waals surface area contributed by atoms with Gasteiger partial charge in [0.05, 0.1) is 6.42 Å². The third-order valence-electron chi connectivity index (χ3n) is 2.26. The zero-order valence-corrected chi connectivity index (χ0v) is 9.51. The molecule has 1 aromatic carbocycles. The maximum absolute atomic E-state index is 12.6. The van der Waals surface area contributed by atoms with Gasteiger partial charge in [-0.2, -0.15) is 13.2 Å². The predicted molar refractivity (Wildman–Crippen MR) is 58.5 cm³/mol. The van der Waals surface area contributed by atoms with Crippen molar-refractivity contribution in [3.8, 4) is 0 Å². The van der Waals surface area contributed by atoms with Crippen LogP contribution in [0.4, 0.5) is 23.2 Å². The summed E-state index contributed by atoms with van der Waals surface area (Å²) in [7, 11) is 1.13. The Morgan fingerprint density at radius 2 is 1.83 bits per heavy atom. The summed E-state index contributed by atoms with van der Waals surface area (Å²) < 4.78 is 49.7. The summed E-state index contributed by atoms with van der Waals surface area (Å²) in [4.78, 5) is 11.4. The standard InChI is InChI=1S/C11H12F4N2O/c1-16-9(11(13,14)15)6-10(18)17-8-4-2-7(12)3-5-8/h2-5,9,16H,6H2,1H3,(H,17,18). The van der Waals surface area contributed by atoms with Crippen molar-refractivity contribution in [2.45, 2.75) is 18.6 Å². The lowest BCUT2D eigenvalue weighted by Crippen LogP contribution is -2.42. The molecule has 0 aliphatic heterocycles. The molecule has 1 rings (SSSR count). The molecule has 7 heteroatoms. The highest BCUT2D eigenvalue weighted by Crippen LogP contribution is 2.22. The lowest BCUT2D eigenvalue weighted by Gasteiger charge is -2.18. The average molecular weight is 264 g/mol. The van der Waals surface area contributed by atoms with Crippen LogP contribution in [0.3, 0.4) is 0 Å². The van der Waals surface area contributed by atoms with Gasteiger partial charge < -0.3 is 10.6 Å². The van der Waals surface area contributed by atoms with E-state index in [9.17, 15) is 22.4 Å². The predicted octanol–water partition coefficient (Wildman–Crippen LogP) is 2.30. The second-order valence-corrected chi connectivity index (χ2v) is 3.64. The third-order valence-corrected chi connectivity index (χ3v) is 2.26. The van der Waals surface area contributed by atoms with Gasteiger partial charge in [-0.15, -0.1) is 0 Å². The van der Waals surface area contributed by atoms with Crippen molar-refractivity contribution in [1.29, 1.82) is 0 Å². The molecule has 3 nitrogen and oxygen atoms in total. The lowest BCUT2D eigenvalue weighted by molar-refractivity contribution is -0.159. The first-order valence-electron chi connectivity index (χ1n) is 5.12. The largest absolute Gasteiger partial charge is 0.404 e. The minimum Gasteiger partial charge on any atom is -0.326 e. The molecule has 1 unspecified atom stereocenters. The fraction of sp³-hybridized carbons (Fsp3) is 0.364. The van der Waals surface area contributed by atoms with E-state index in [1.165, 1.54) is 12.1 Å². The van der Waals surface area contributed by atoms with E-state index in [2.05, 4.69) is 5.32 Å². The molecule has 0 saturated heterocycles. The lowest BCUT2D eigenvalue weighted by atomic mass is 10.2. The summed E-state index contributed by atoms with van der Waals surface area (Å²) in [5.41, 5.74) is 0.249. The number of hydrogen-bond donors (Lipinski definition) is 2. The Balaban J connectivity index is 2.58. The van der Waals surface area contributed by atoms with Crippen LogP contribution >= 0.6 is 0 Å². The molecule has 1 aromatic rings. The van der Waals surface area contributed by atoms with Crippen molar-refractivity contribution in [3.63, 3.8) is 0 Å². The van der Waals surface area contributed by atoms with Crippen LogP contribution in [-0.2, 0) is 4.79 Å². The van der Waals surface area contributed by atoms with Crippen molar-refractivity contribution in [3.05, 3.63) is 30.1 Å². The van der Waals surface area contributed by atoms with Crippen LogP contribution in [0.1, 0.15) is 6.42 Å². The summed E-state index contributed by atoms with van der Waals surface area (Å²) in [5, 5.41) is 4.28. The number of amides is 1. The molecule has 100 valence electrons. The normalized spacial score (nSPS) is 13.2. The molecule has 0 aliphatic carbocycles. The van der Waals surface area contributed by atoms with E-state index in [0.29, 0.717) is 0 Å². The number of carbonyl (C=O) groups excluding carboxylic acids is 1. The summed E-state index contributed by atoms with van der Waals surface area (Å²) in [6.45, 7) is 0. The van der Waals surface area contributed by atoms with Gasteiger partial charge in [0.1, 0.15) is 11.9 Å². The number of hydrogen-bond acceptors (Lipinski definition) is 2. The molecule has 0 saturated carbocycles. The van der Waals surface area contributed by atoms with Crippen LogP contribution in [0.25, 0.3) is 0 Å². The maximum Gasteiger partial charge on any atom is 0.404 e. The Kier molecular flexibility index (Phi) is 4.66. The molecular formula is C11H12F4N2O. The zero-order chi connectivity index (χ0) is 13.8. The van der Waals surface area contributed by atoms with E-state index >= 15 is 0 Å². The number of benzene rings is 1. The van der Waals surface area contributed by atoms with Crippen LogP contribution in [0.2, 0.25) is 0 Å². The molecule has 1 atom stereocenters. The van der Waals surface area contributed by atoms with E-state index in [1.54, 1.807) is 0 Å². The van der Waals surface area contributed by atoms with E-state index < -0.39 is 30.4 Å². The SMILES string of the molecule is CNC(CC(=O)Nc1ccc(F)cc1)C(F)(F)F. The summed E-state index contributed by atoms with van der Waals surface area (Å²) in [6, 6.07) is 2.85. The smallest absolute Gasteiger partial charge is 0.326 e. The van der Waals surface area contributed by atoms with Gasteiger partial charge in [-0.05, 0) is 31.3 Å². The van der Waals surface area contributed by atoms with Gasteiger partial charge in [0.2, 0.25) is 5.91 Å². The second-order valence-electron chi connectivity index (χ2n) is 3.64. The van der Waals surface area contributed by atoms with Crippen LogP contribution in [-0.4, -0.2) is 25.2 Å². The number of anilines is 1. The second kappa shape index (κ2) is 5.81. The highest BCUT2D eigenvalue weighted by molar-refractivity contribution is 5.91. The number of alkyl halides is 3. The summed E-state index contributed by atoms with van der Waals surface area (Å²) in [5.74, 6) is -1.28. The molecule has 0 heterocycles. The average Bonchev–Trinajstić information content (AvgIpc) is 2.27. The quantitative estimate of drug-likeness (QED) is 0.819. The monoisotopic (exact) mass is 264 g/mol. The van der Waals surface area contributed by atoms with Crippen LogP contribution in [0, 0.1) is 5.82 Å². The Hall–Kier alpha value is -1.63. The van der Waals surface area contributed by atoms with E-state index in [4.69, 9.17) is 0 Å². The van der Waals surface area contributed by atoms with Gasteiger partial charge in [0, 0.05) is 5.69 Å². The summed E-state index contributed by atoms with van der Waals surface area (Å²) in [6.07, 6.45) is -5.23. The molecule has 1 amide bonds. The van der Waals surface area contributed by atoms with Gasteiger partial charge >= 0.3 is 6.18 Å². The highest BCUT2D eigenvalue weighted by atomic mass is 19.4. The van der Waals surface area contributed by atoms with Crippen LogP contribution in [0.15, 0.2) is 24.3 Å². The maximum atomic E-state index is 12.6. The zero-order valence-electron chi connectivity index (χ0n) is 9.51. The Bertz CT molecular complexity index is 402. The minimum atomic E-state index is -4.49. The van der Waals surface area contributed by atoms with Crippen molar-refractivity contribution in [1.82, 2.24) is 5.32 Å². The minimum absolute atomic E-state index is 0.249. The number of carbonyl (C=O) groups is 1. The first kappa shape index (κ1) is 14.4. The van der Waals surface area contributed by atoms with Gasteiger partial charge in [0.25, 0.3) is 0 Å². The van der Waals surface area contributed by atoms with Gasteiger partial charge in [0.15, 0.2) is 0 Å². The molecule has 0 bridgehead atoms. The fourth-order valence-electron chi connectivity index (χ4n) is 1.31. The van der Waals surface area contributed by atoms with E-state index in [1.807, 2.05) is 5.32 Å². The van der Waals surface area contributed by atoms with E-state index in [0.717, 1.165) is 19.2 Å². The van der Waals surface area contributed by atoms with Gasteiger partial charge in [-0.3, -0.25) is 4.79 Å². The molecule has 18 heavy (non-hydrogen) atoms. The molecule has 0 aromatic heterocycles. The van der Waals surface area contributed by atoms with Gasteiger partial charge in [-0.25, -0.2) is 4.39 Å². The van der Waals surface area contributed by atoms with Crippen LogP contribution in [0.5, 0.6) is 0 Å². The molecular weight excluding hydrogens is 252 g/mol. The Labute approximate surface area is 101 Å². The first-order chi connectivity index (χ1) is 8.32. The third kappa shape index (κ3) is 4.33. The van der Waals surface area contributed by atoms with Crippen molar-refractivity contribution in [2.24, 2.45) is 0 Å². The topological polar surface area (TPSA) is 41.1 Å².